The van der Waals surface area contributed by atoms with E-state index >= 15 is 0 Å². The largest absolute Gasteiger partial charge is 0.310 e. The predicted octanol–water partition coefficient (Wildman–Crippen LogP) is 2.39. The molecule has 1 N–H and O–H groups in total. The Balaban J connectivity index is 2.88. The minimum Gasteiger partial charge on any atom is -0.310 e. The van der Waals surface area contributed by atoms with Gasteiger partial charge in [-0.15, -0.1) is 0 Å². The fraction of sp³-hybridized carbons (Fsp3) is 0.571. The fourth-order valence-corrected chi connectivity index (χ4v) is 2.94. The van der Waals surface area contributed by atoms with Crippen molar-refractivity contribution in [1.82, 2.24) is 9.62 Å². The third kappa shape index (κ3) is 4.03. The molecular weight excluding hydrogens is 260 g/mol. The topological polar surface area (TPSA) is 49.4 Å². The lowest BCUT2D eigenvalue weighted by atomic mass is 10.1. The molecule has 0 bridgehead atoms. The smallest absolute Gasteiger partial charge is 0.242 e. The van der Waals surface area contributed by atoms with E-state index in [2.05, 4.69) is 19.2 Å². The Kier molecular flexibility index (Phi) is 5.97. The average molecular weight is 284 g/mol. The van der Waals surface area contributed by atoms with Gasteiger partial charge in [-0.05, 0) is 37.6 Å². The minimum absolute atomic E-state index is 0.237. The maximum absolute atomic E-state index is 12.1. The molecule has 0 amide bonds. The first-order valence-corrected chi connectivity index (χ1v) is 8.17. The van der Waals surface area contributed by atoms with Crippen molar-refractivity contribution < 1.29 is 8.42 Å². The third-order valence-electron chi connectivity index (χ3n) is 3.23. The molecule has 0 heterocycles. The molecule has 1 atom stereocenters. The number of hydrogen-bond donors (Lipinski definition) is 1. The van der Waals surface area contributed by atoms with Crippen LogP contribution in [0.25, 0.3) is 0 Å². The van der Waals surface area contributed by atoms with Crippen LogP contribution in [0.4, 0.5) is 0 Å². The normalized spacial score (nSPS) is 13.7. The first-order valence-electron chi connectivity index (χ1n) is 6.73. The third-order valence-corrected chi connectivity index (χ3v) is 5.18. The van der Waals surface area contributed by atoms with Crippen molar-refractivity contribution in [2.45, 2.75) is 38.1 Å². The Bertz CT molecular complexity index is 483. The molecule has 0 aliphatic carbocycles. The summed E-state index contributed by atoms with van der Waals surface area (Å²) in [6.45, 7) is 7.45. The average Bonchev–Trinajstić information content (AvgIpc) is 2.43. The molecule has 0 spiro atoms. The van der Waals surface area contributed by atoms with Crippen LogP contribution in [0.2, 0.25) is 0 Å². The molecule has 19 heavy (non-hydrogen) atoms. The number of sulfonamides is 1. The minimum atomic E-state index is -3.34. The van der Waals surface area contributed by atoms with Gasteiger partial charge in [0, 0.05) is 19.6 Å². The molecule has 0 saturated carbocycles. The van der Waals surface area contributed by atoms with Crippen LogP contribution in [-0.4, -0.2) is 32.9 Å². The summed E-state index contributed by atoms with van der Waals surface area (Å²) in [6.07, 6.45) is 1.08. The Morgan fingerprint density at radius 2 is 1.79 bits per heavy atom. The lowest BCUT2D eigenvalue weighted by molar-refractivity contribution is 0.486. The monoisotopic (exact) mass is 284 g/mol. The molecule has 0 aromatic heterocycles. The van der Waals surface area contributed by atoms with Crippen LogP contribution in [0.15, 0.2) is 29.2 Å². The molecule has 1 unspecified atom stereocenters. The van der Waals surface area contributed by atoms with Gasteiger partial charge in [0.05, 0.1) is 4.90 Å². The van der Waals surface area contributed by atoms with Crippen molar-refractivity contribution in [2.75, 3.05) is 20.1 Å². The van der Waals surface area contributed by atoms with E-state index in [4.69, 9.17) is 0 Å². The van der Waals surface area contributed by atoms with E-state index in [-0.39, 0.29) is 6.04 Å². The van der Waals surface area contributed by atoms with Crippen LogP contribution in [0, 0.1) is 0 Å². The lowest BCUT2D eigenvalue weighted by Gasteiger charge is -2.17. The summed E-state index contributed by atoms with van der Waals surface area (Å²) in [7, 11) is -1.74. The first-order chi connectivity index (χ1) is 8.93. The van der Waals surface area contributed by atoms with Crippen molar-refractivity contribution in [1.29, 1.82) is 0 Å². The van der Waals surface area contributed by atoms with Crippen LogP contribution in [0.5, 0.6) is 0 Å². The Morgan fingerprint density at radius 3 is 2.26 bits per heavy atom. The molecule has 0 fully saturated rings. The predicted molar refractivity (Wildman–Crippen MR) is 78.6 cm³/mol. The summed E-state index contributed by atoms with van der Waals surface area (Å²) in [5, 5.41) is 3.38. The van der Waals surface area contributed by atoms with Crippen molar-refractivity contribution in [3.63, 3.8) is 0 Å². The van der Waals surface area contributed by atoms with E-state index in [1.165, 1.54) is 4.31 Å². The molecule has 0 saturated heterocycles. The van der Waals surface area contributed by atoms with Gasteiger partial charge in [0.1, 0.15) is 0 Å². The van der Waals surface area contributed by atoms with E-state index in [1.54, 1.807) is 19.2 Å². The standard InChI is InChI=1S/C14H24N2O2S/c1-5-11-15-12(3)13-7-9-14(10-8-13)19(17,18)16(4)6-2/h7-10,12,15H,5-6,11H2,1-4H3. The van der Waals surface area contributed by atoms with Gasteiger partial charge < -0.3 is 5.32 Å². The van der Waals surface area contributed by atoms with Crippen LogP contribution in [0.1, 0.15) is 38.8 Å². The van der Waals surface area contributed by atoms with Crippen molar-refractivity contribution in [3.8, 4) is 0 Å². The fourth-order valence-electron chi connectivity index (χ4n) is 1.76. The number of rotatable bonds is 7. The van der Waals surface area contributed by atoms with Gasteiger partial charge in [-0.25, -0.2) is 12.7 Å². The zero-order chi connectivity index (χ0) is 14.5. The molecule has 1 aromatic rings. The summed E-state index contributed by atoms with van der Waals surface area (Å²) >= 11 is 0. The molecule has 0 aliphatic rings. The molecule has 0 radical (unpaired) electrons. The van der Waals surface area contributed by atoms with Gasteiger partial charge in [-0.2, -0.15) is 0 Å². The van der Waals surface area contributed by atoms with Crippen molar-refractivity contribution in [3.05, 3.63) is 29.8 Å². The molecule has 0 aliphatic heterocycles. The van der Waals surface area contributed by atoms with Crippen LogP contribution < -0.4 is 5.32 Å². The molecule has 5 heteroatoms. The van der Waals surface area contributed by atoms with Crippen molar-refractivity contribution in [2.24, 2.45) is 0 Å². The highest BCUT2D eigenvalue weighted by Gasteiger charge is 2.19. The van der Waals surface area contributed by atoms with E-state index in [0.717, 1.165) is 18.5 Å². The summed E-state index contributed by atoms with van der Waals surface area (Å²) in [4.78, 5) is 0.350. The highest BCUT2D eigenvalue weighted by molar-refractivity contribution is 7.89. The van der Waals surface area contributed by atoms with Crippen LogP contribution in [-0.2, 0) is 10.0 Å². The Morgan fingerprint density at radius 1 is 1.21 bits per heavy atom. The van der Waals surface area contributed by atoms with Crippen molar-refractivity contribution >= 4 is 10.0 Å². The maximum Gasteiger partial charge on any atom is 0.242 e. The first kappa shape index (κ1) is 16.1. The Labute approximate surface area is 116 Å². The van der Waals surface area contributed by atoms with Gasteiger partial charge >= 0.3 is 0 Å². The summed E-state index contributed by atoms with van der Waals surface area (Å²) in [5.41, 5.74) is 1.10. The SMILES string of the molecule is CCCNC(C)c1ccc(S(=O)(=O)N(C)CC)cc1. The molecular formula is C14H24N2O2S. The number of nitrogens with one attached hydrogen (secondary N) is 1. The highest BCUT2D eigenvalue weighted by atomic mass is 32.2. The lowest BCUT2D eigenvalue weighted by Crippen LogP contribution is -2.26. The number of hydrogen-bond acceptors (Lipinski definition) is 3. The van der Waals surface area contributed by atoms with E-state index in [9.17, 15) is 8.42 Å². The highest BCUT2D eigenvalue weighted by Crippen LogP contribution is 2.18. The van der Waals surface area contributed by atoms with Gasteiger partial charge in [-0.3, -0.25) is 0 Å². The van der Waals surface area contributed by atoms with E-state index in [1.807, 2.05) is 19.1 Å². The number of benzene rings is 1. The van der Waals surface area contributed by atoms with Gasteiger partial charge in [0.2, 0.25) is 10.0 Å². The molecule has 1 aromatic carbocycles. The van der Waals surface area contributed by atoms with Crippen LogP contribution in [0.3, 0.4) is 0 Å². The van der Waals surface area contributed by atoms with Crippen LogP contribution >= 0.6 is 0 Å². The summed E-state index contributed by atoms with van der Waals surface area (Å²) in [6, 6.07) is 7.36. The van der Waals surface area contributed by atoms with E-state index in [0.29, 0.717) is 11.4 Å². The van der Waals surface area contributed by atoms with Gasteiger partial charge in [-0.1, -0.05) is 26.0 Å². The molecule has 4 nitrogen and oxygen atoms in total. The second-order valence-corrected chi connectivity index (χ2v) is 6.71. The summed E-state index contributed by atoms with van der Waals surface area (Å²) < 4.78 is 25.6. The van der Waals surface area contributed by atoms with Gasteiger partial charge in [0.15, 0.2) is 0 Å². The van der Waals surface area contributed by atoms with E-state index < -0.39 is 10.0 Å². The second kappa shape index (κ2) is 7.03. The molecule has 108 valence electrons. The summed E-state index contributed by atoms with van der Waals surface area (Å²) in [5.74, 6) is 0. The quantitative estimate of drug-likeness (QED) is 0.836. The maximum atomic E-state index is 12.1. The van der Waals surface area contributed by atoms with Gasteiger partial charge in [0.25, 0.3) is 0 Å². The molecule has 1 rings (SSSR count). The Hall–Kier alpha value is -0.910. The zero-order valence-electron chi connectivity index (χ0n) is 12.2. The second-order valence-electron chi connectivity index (χ2n) is 4.66. The zero-order valence-corrected chi connectivity index (χ0v) is 13.0. The number of nitrogens with zero attached hydrogens (tertiary/aromatic N) is 1.